The van der Waals surface area contributed by atoms with E-state index in [1.54, 1.807) is 24.3 Å². The van der Waals surface area contributed by atoms with E-state index in [1.165, 1.54) is 6.92 Å². The molecule has 0 saturated carbocycles. The molecule has 0 aliphatic heterocycles. The van der Waals surface area contributed by atoms with E-state index >= 15 is 0 Å². The van der Waals surface area contributed by atoms with Crippen LogP contribution in [0.5, 0.6) is 0 Å². The molecular weight excluding hydrogens is 208 g/mol. The van der Waals surface area contributed by atoms with Crippen molar-refractivity contribution in [1.29, 1.82) is 0 Å². The third-order valence-electron chi connectivity index (χ3n) is 2.51. The summed E-state index contributed by atoms with van der Waals surface area (Å²) in [6.07, 6.45) is 0. The SMILES string of the molecule is C[C@H](C(=O)O)c1n[nH]c(=O)c2ccccc12. The standard InChI is InChI=1S/C11H10N2O3/c1-6(11(15)16)9-7-4-2-3-5-8(7)10(14)13-12-9/h2-6H,1H3,(H,13,14)(H,15,16)/t6-/m0/s1. The highest BCUT2D eigenvalue weighted by Crippen LogP contribution is 2.20. The second-order valence-electron chi connectivity index (χ2n) is 3.54. The smallest absolute Gasteiger partial charge is 0.312 e. The normalized spacial score (nSPS) is 12.6. The predicted molar refractivity (Wildman–Crippen MR) is 58.4 cm³/mol. The fourth-order valence-electron chi connectivity index (χ4n) is 1.58. The van der Waals surface area contributed by atoms with Crippen LogP contribution < -0.4 is 5.56 Å². The van der Waals surface area contributed by atoms with Crippen LogP contribution in [-0.4, -0.2) is 21.3 Å². The van der Waals surface area contributed by atoms with E-state index in [9.17, 15) is 9.59 Å². The summed E-state index contributed by atoms with van der Waals surface area (Å²) in [5, 5.41) is 16.1. The molecule has 2 rings (SSSR count). The van der Waals surface area contributed by atoms with E-state index in [0.29, 0.717) is 16.5 Å². The second kappa shape index (κ2) is 3.77. The number of hydrogen-bond acceptors (Lipinski definition) is 3. The molecule has 82 valence electrons. The van der Waals surface area contributed by atoms with Gasteiger partial charge in [-0.25, -0.2) is 5.10 Å². The lowest BCUT2D eigenvalue weighted by molar-refractivity contribution is -0.138. The van der Waals surface area contributed by atoms with Crippen molar-refractivity contribution in [1.82, 2.24) is 10.2 Å². The second-order valence-corrected chi connectivity index (χ2v) is 3.54. The van der Waals surface area contributed by atoms with Crippen molar-refractivity contribution in [2.45, 2.75) is 12.8 Å². The van der Waals surface area contributed by atoms with Gasteiger partial charge in [0.2, 0.25) is 0 Å². The molecule has 0 bridgehead atoms. The van der Waals surface area contributed by atoms with Crippen molar-refractivity contribution >= 4 is 16.7 Å². The Morgan fingerprint density at radius 3 is 2.62 bits per heavy atom. The molecule has 2 aromatic rings. The van der Waals surface area contributed by atoms with Crippen molar-refractivity contribution in [2.75, 3.05) is 0 Å². The highest BCUT2D eigenvalue weighted by Gasteiger charge is 2.18. The monoisotopic (exact) mass is 218 g/mol. The maximum absolute atomic E-state index is 11.5. The number of aliphatic carboxylic acids is 1. The Balaban J connectivity index is 2.77. The highest BCUT2D eigenvalue weighted by atomic mass is 16.4. The van der Waals surface area contributed by atoms with Crippen LogP contribution >= 0.6 is 0 Å². The van der Waals surface area contributed by atoms with Gasteiger partial charge in [-0.05, 0) is 13.0 Å². The Kier molecular flexibility index (Phi) is 2.44. The minimum absolute atomic E-state index is 0.308. The van der Waals surface area contributed by atoms with Crippen LogP contribution in [0, 0.1) is 0 Å². The number of aromatic amines is 1. The van der Waals surface area contributed by atoms with Crippen LogP contribution in [-0.2, 0) is 4.79 Å². The van der Waals surface area contributed by atoms with E-state index in [2.05, 4.69) is 10.2 Å². The fourth-order valence-corrected chi connectivity index (χ4v) is 1.58. The molecule has 5 heteroatoms. The highest BCUT2D eigenvalue weighted by molar-refractivity contribution is 5.88. The van der Waals surface area contributed by atoms with Gasteiger partial charge in [-0.15, -0.1) is 0 Å². The van der Waals surface area contributed by atoms with Gasteiger partial charge in [-0.3, -0.25) is 9.59 Å². The van der Waals surface area contributed by atoms with E-state index in [1.807, 2.05) is 0 Å². The number of nitrogens with zero attached hydrogens (tertiary/aromatic N) is 1. The number of rotatable bonds is 2. The molecule has 1 aromatic carbocycles. The zero-order valence-electron chi connectivity index (χ0n) is 8.60. The molecular formula is C11H10N2O3. The summed E-state index contributed by atoms with van der Waals surface area (Å²) in [5.74, 6) is -1.72. The number of H-pyrrole nitrogens is 1. The van der Waals surface area contributed by atoms with Gasteiger partial charge < -0.3 is 5.11 Å². The number of carboxylic acids is 1. The number of fused-ring (bicyclic) bond motifs is 1. The molecule has 0 amide bonds. The molecule has 0 unspecified atom stereocenters. The molecule has 0 fully saturated rings. The van der Waals surface area contributed by atoms with Gasteiger partial charge in [-0.1, -0.05) is 18.2 Å². The molecule has 0 aliphatic carbocycles. The predicted octanol–water partition coefficient (Wildman–Crippen LogP) is 1.11. The van der Waals surface area contributed by atoms with Gasteiger partial charge in [0.05, 0.1) is 17.0 Å². The first-order chi connectivity index (χ1) is 7.61. The molecule has 1 atom stereocenters. The zero-order valence-corrected chi connectivity index (χ0v) is 8.60. The van der Waals surface area contributed by atoms with E-state index in [0.717, 1.165) is 0 Å². The summed E-state index contributed by atoms with van der Waals surface area (Å²) in [4.78, 5) is 22.4. The topological polar surface area (TPSA) is 83.0 Å². The molecule has 16 heavy (non-hydrogen) atoms. The Morgan fingerprint density at radius 1 is 1.38 bits per heavy atom. The molecule has 0 radical (unpaired) electrons. The Hall–Kier alpha value is -2.17. The van der Waals surface area contributed by atoms with E-state index < -0.39 is 11.9 Å². The van der Waals surface area contributed by atoms with Crippen LogP contribution in [0.25, 0.3) is 10.8 Å². The largest absolute Gasteiger partial charge is 0.481 e. The summed E-state index contributed by atoms with van der Waals surface area (Å²) in [7, 11) is 0. The van der Waals surface area contributed by atoms with Gasteiger partial charge in [0.1, 0.15) is 0 Å². The van der Waals surface area contributed by atoms with Crippen molar-refractivity contribution in [2.24, 2.45) is 0 Å². The third kappa shape index (κ3) is 1.56. The number of nitrogens with one attached hydrogen (secondary N) is 1. The zero-order chi connectivity index (χ0) is 11.7. The van der Waals surface area contributed by atoms with E-state index in [-0.39, 0.29) is 5.56 Å². The maximum atomic E-state index is 11.5. The maximum Gasteiger partial charge on any atom is 0.312 e. The average molecular weight is 218 g/mol. The third-order valence-corrected chi connectivity index (χ3v) is 2.51. The summed E-state index contributed by atoms with van der Waals surface area (Å²) >= 11 is 0. The van der Waals surface area contributed by atoms with E-state index in [4.69, 9.17) is 5.11 Å². The van der Waals surface area contributed by atoms with Crippen LogP contribution in [0.4, 0.5) is 0 Å². The molecule has 0 spiro atoms. The number of benzene rings is 1. The Morgan fingerprint density at radius 2 is 2.00 bits per heavy atom. The van der Waals surface area contributed by atoms with Gasteiger partial charge in [0, 0.05) is 5.39 Å². The van der Waals surface area contributed by atoms with Gasteiger partial charge in [-0.2, -0.15) is 5.10 Å². The lowest BCUT2D eigenvalue weighted by Gasteiger charge is -2.07. The van der Waals surface area contributed by atoms with Crippen LogP contribution in [0.1, 0.15) is 18.5 Å². The van der Waals surface area contributed by atoms with Crippen LogP contribution in [0.15, 0.2) is 29.1 Å². The summed E-state index contributed by atoms with van der Waals surface area (Å²) < 4.78 is 0. The summed E-state index contributed by atoms with van der Waals surface area (Å²) in [5.41, 5.74) is 0.0691. The lowest BCUT2D eigenvalue weighted by Crippen LogP contribution is -2.16. The summed E-state index contributed by atoms with van der Waals surface area (Å²) in [6.45, 7) is 1.54. The van der Waals surface area contributed by atoms with Gasteiger partial charge in [0.25, 0.3) is 5.56 Å². The first-order valence-electron chi connectivity index (χ1n) is 4.81. The van der Waals surface area contributed by atoms with Crippen molar-refractivity contribution in [3.05, 3.63) is 40.3 Å². The Bertz CT molecular complexity index is 603. The molecule has 0 aliphatic rings. The van der Waals surface area contributed by atoms with Crippen molar-refractivity contribution in [3.8, 4) is 0 Å². The molecule has 2 N–H and O–H groups in total. The summed E-state index contributed by atoms with van der Waals surface area (Å²) in [6, 6.07) is 6.83. The fraction of sp³-hybridized carbons (Fsp3) is 0.182. The minimum Gasteiger partial charge on any atom is -0.481 e. The molecule has 5 nitrogen and oxygen atoms in total. The lowest BCUT2D eigenvalue weighted by atomic mass is 10.0. The van der Waals surface area contributed by atoms with Crippen LogP contribution in [0.2, 0.25) is 0 Å². The number of aromatic nitrogens is 2. The molecule has 1 aromatic heterocycles. The first-order valence-corrected chi connectivity index (χ1v) is 4.81. The van der Waals surface area contributed by atoms with Gasteiger partial charge in [0.15, 0.2) is 0 Å². The number of carbonyl (C=O) groups is 1. The van der Waals surface area contributed by atoms with Gasteiger partial charge >= 0.3 is 5.97 Å². The minimum atomic E-state index is -0.968. The number of carboxylic acid groups (broad SMARTS) is 1. The molecule has 1 heterocycles. The quantitative estimate of drug-likeness (QED) is 0.790. The first kappa shape index (κ1) is 10.4. The van der Waals surface area contributed by atoms with Crippen LogP contribution in [0.3, 0.4) is 0 Å². The molecule has 0 saturated heterocycles. The van der Waals surface area contributed by atoms with Crippen molar-refractivity contribution in [3.63, 3.8) is 0 Å². The number of hydrogen-bond donors (Lipinski definition) is 2. The Labute approximate surface area is 90.7 Å². The average Bonchev–Trinajstić information content (AvgIpc) is 2.29. The van der Waals surface area contributed by atoms with Crippen molar-refractivity contribution < 1.29 is 9.90 Å².